The number of benzene rings is 2. The van der Waals surface area contributed by atoms with Gasteiger partial charge in [0, 0.05) is 58.0 Å². The van der Waals surface area contributed by atoms with Crippen LogP contribution < -0.4 is 14.8 Å². The van der Waals surface area contributed by atoms with Crippen LogP contribution in [0, 0.1) is 3.57 Å². The molecule has 0 spiro atoms. The first-order valence-electron chi connectivity index (χ1n) is 9.84. The molecule has 0 radical (unpaired) electrons. The number of nitrogens with zero attached hydrogens (tertiary/aromatic N) is 3. The Kier molecular flexibility index (Phi) is 6.83. The first-order valence-corrected chi connectivity index (χ1v) is 10.9. The Morgan fingerprint density at radius 2 is 1.65 bits per heavy atom. The van der Waals surface area contributed by atoms with Gasteiger partial charge >= 0.3 is 0 Å². The zero-order valence-corrected chi connectivity index (χ0v) is 19.5. The lowest BCUT2D eigenvalue weighted by atomic mass is 10.1. The van der Waals surface area contributed by atoms with Gasteiger partial charge in [0.2, 0.25) is 0 Å². The van der Waals surface area contributed by atoms with Crippen LogP contribution in [0.1, 0.15) is 11.1 Å². The van der Waals surface area contributed by atoms with E-state index < -0.39 is 0 Å². The smallest absolute Gasteiger partial charge is 0.127 e. The lowest BCUT2D eigenvalue weighted by Crippen LogP contribution is -2.13. The van der Waals surface area contributed by atoms with Crippen molar-refractivity contribution in [3.05, 3.63) is 87.9 Å². The average molecular weight is 526 g/mol. The van der Waals surface area contributed by atoms with Gasteiger partial charge in [0.15, 0.2) is 0 Å². The van der Waals surface area contributed by atoms with Crippen molar-refractivity contribution in [1.29, 1.82) is 0 Å². The number of hydrogen-bond acceptors (Lipinski definition) is 5. The number of rotatable bonds is 8. The van der Waals surface area contributed by atoms with Gasteiger partial charge in [0.05, 0.1) is 25.6 Å². The molecule has 0 amide bonds. The maximum atomic E-state index is 5.51. The largest absolute Gasteiger partial charge is 0.497 e. The average Bonchev–Trinajstić information content (AvgIpc) is 3.24. The highest BCUT2D eigenvalue weighted by Gasteiger charge is 2.13. The molecular formula is C24H23IN4O2. The molecule has 1 N–H and O–H groups in total. The number of nitrogens with one attached hydrogen (secondary N) is 1. The van der Waals surface area contributed by atoms with E-state index in [4.69, 9.17) is 14.6 Å². The van der Waals surface area contributed by atoms with Crippen LogP contribution in [0.5, 0.6) is 11.5 Å². The quantitative estimate of drug-likeness (QED) is 0.333. The van der Waals surface area contributed by atoms with Gasteiger partial charge < -0.3 is 14.8 Å². The predicted molar refractivity (Wildman–Crippen MR) is 130 cm³/mol. The molecule has 2 heterocycles. The normalized spacial score (nSPS) is 10.8. The predicted octanol–water partition coefficient (Wildman–Crippen LogP) is 4.85. The molecule has 7 heteroatoms. The lowest BCUT2D eigenvalue weighted by Gasteiger charge is -2.11. The maximum Gasteiger partial charge on any atom is 0.127 e. The second kappa shape index (κ2) is 9.93. The third-order valence-electron chi connectivity index (χ3n) is 4.96. The minimum absolute atomic E-state index is 0.664. The highest BCUT2D eigenvalue weighted by molar-refractivity contribution is 14.1. The molecule has 31 heavy (non-hydrogen) atoms. The van der Waals surface area contributed by atoms with E-state index in [1.807, 2.05) is 35.0 Å². The Labute approximate surface area is 195 Å². The summed E-state index contributed by atoms with van der Waals surface area (Å²) < 4.78 is 13.9. The molecule has 0 aliphatic rings. The van der Waals surface area contributed by atoms with E-state index in [0.29, 0.717) is 13.1 Å². The maximum absolute atomic E-state index is 5.51. The molecule has 158 valence electrons. The molecule has 4 rings (SSSR count). The van der Waals surface area contributed by atoms with Gasteiger partial charge in [-0.2, -0.15) is 5.10 Å². The van der Waals surface area contributed by atoms with Gasteiger partial charge in [-0.25, -0.2) is 4.68 Å². The summed E-state index contributed by atoms with van der Waals surface area (Å²) in [6.45, 7) is 1.33. The highest BCUT2D eigenvalue weighted by atomic mass is 127. The van der Waals surface area contributed by atoms with E-state index >= 15 is 0 Å². The monoisotopic (exact) mass is 526 g/mol. The summed E-state index contributed by atoms with van der Waals surface area (Å²) in [7, 11) is 3.32. The van der Waals surface area contributed by atoms with E-state index in [0.717, 1.165) is 39.6 Å². The van der Waals surface area contributed by atoms with Crippen LogP contribution in [-0.2, 0) is 13.1 Å². The zero-order chi connectivity index (χ0) is 21.6. The summed E-state index contributed by atoms with van der Waals surface area (Å²) in [5, 5.41) is 8.39. The molecule has 0 saturated carbocycles. The fourth-order valence-electron chi connectivity index (χ4n) is 3.35. The van der Waals surface area contributed by atoms with Crippen LogP contribution >= 0.6 is 22.6 Å². The molecule has 0 unspecified atom stereocenters. The van der Waals surface area contributed by atoms with E-state index in [9.17, 15) is 0 Å². The van der Waals surface area contributed by atoms with Crippen molar-refractivity contribution in [3.8, 4) is 28.4 Å². The summed E-state index contributed by atoms with van der Waals surface area (Å²) in [6, 6.07) is 18.1. The number of aromatic nitrogens is 3. The second-order valence-electron chi connectivity index (χ2n) is 6.94. The molecule has 0 atom stereocenters. The van der Waals surface area contributed by atoms with Crippen molar-refractivity contribution in [2.24, 2.45) is 0 Å². The summed E-state index contributed by atoms with van der Waals surface area (Å²) >= 11 is 2.31. The van der Waals surface area contributed by atoms with E-state index in [1.165, 1.54) is 3.57 Å². The molecule has 0 aliphatic carbocycles. The van der Waals surface area contributed by atoms with Crippen molar-refractivity contribution in [3.63, 3.8) is 0 Å². The first kappa shape index (κ1) is 21.3. The zero-order valence-electron chi connectivity index (χ0n) is 17.4. The fourth-order valence-corrected chi connectivity index (χ4v) is 3.71. The number of halogens is 1. The fraction of sp³-hybridized carbons (Fsp3) is 0.167. The van der Waals surface area contributed by atoms with Gasteiger partial charge in [-0.15, -0.1) is 0 Å². The molecule has 2 aromatic heterocycles. The van der Waals surface area contributed by atoms with Gasteiger partial charge in [-0.3, -0.25) is 4.98 Å². The number of methoxy groups -OCH3 is 2. The molecule has 6 nitrogen and oxygen atoms in total. The van der Waals surface area contributed by atoms with Crippen LogP contribution in [0.15, 0.2) is 73.2 Å². The molecule has 2 aromatic carbocycles. The van der Waals surface area contributed by atoms with Crippen molar-refractivity contribution in [2.45, 2.75) is 13.1 Å². The summed E-state index contributed by atoms with van der Waals surface area (Å²) in [6.07, 6.45) is 5.66. The van der Waals surface area contributed by atoms with Gasteiger partial charge in [-0.05, 0) is 65.1 Å². The van der Waals surface area contributed by atoms with Crippen LogP contribution in [-0.4, -0.2) is 29.0 Å². The topological polar surface area (TPSA) is 61.2 Å². The third kappa shape index (κ3) is 5.05. The highest BCUT2D eigenvalue weighted by Crippen LogP contribution is 2.26. The number of ether oxygens (including phenoxy) is 2. The van der Waals surface area contributed by atoms with Crippen molar-refractivity contribution in [1.82, 2.24) is 20.1 Å². The molecule has 4 aromatic rings. The lowest BCUT2D eigenvalue weighted by molar-refractivity contribution is 0.390. The minimum atomic E-state index is 0.664. The third-order valence-corrected chi connectivity index (χ3v) is 5.68. The van der Waals surface area contributed by atoms with E-state index in [2.05, 4.69) is 63.4 Å². The number of hydrogen-bond donors (Lipinski definition) is 1. The van der Waals surface area contributed by atoms with Crippen molar-refractivity contribution in [2.75, 3.05) is 14.2 Å². The van der Waals surface area contributed by atoms with Crippen LogP contribution in [0.3, 0.4) is 0 Å². The summed E-state index contributed by atoms with van der Waals surface area (Å²) in [4.78, 5) is 4.14. The Balaban J connectivity index is 1.58. The Morgan fingerprint density at radius 3 is 2.35 bits per heavy atom. The molecule has 0 fully saturated rings. The SMILES string of the molecule is COc1ccc(CNCc2cn(-c3ccc(I)cc3)nc2-c2ccncc2)c(OC)c1. The first-order chi connectivity index (χ1) is 15.2. The van der Waals surface area contributed by atoms with Gasteiger partial charge in [0.25, 0.3) is 0 Å². The summed E-state index contributed by atoms with van der Waals surface area (Å²) in [5.41, 5.74) is 5.18. The molecule has 0 saturated heterocycles. The Hall–Kier alpha value is -2.91. The molecule has 0 bridgehead atoms. The van der Waals surface area contributed by atoms with Crippen molar-refractivity contribution >= 4 is 22.6 Å². The van der Waals surface area contributed by atoms with Gasteiger partial charge in [-0.1, -0.05) is 6.07 Å². The van der Waals surface area contributed by atoms with Crippen LogP contribution in [0.2, 0.25) is 0 Å². The van der Waals surface area contributed by atoms with Gasteiger partial charge in [0.1, 0.15) is 11.5 Å². The summed E-state index contributed by atoms with van der Waals surface area (Å²) in [5.74, 6) is 1.58. The van der Waals surface area contributed by atoms with Crippen LogP contribution in [0.25, 0.3) is 16.9 Å². The van der Waals surface area contributed by atoms with Crippen LogP contribution in [0.4, 0.5) is 0 Å². The standard InChI is InChI=1S/C24H23IN4O2/c1-30-22-8-3-18(23(13-22)31-2)14-27-15-19-16-29(21-6-4-20(25)5-7-21)28-24(19)17-9-11-26-12-10-17/h3-13,16,27H,14-15H2,1-2H3. The minimum Gasteiger partial charge on any atom is -0.497 e. The van der Waals surface area contributed by atoms with E-state index in [1.54, 1.807) is 26.6 Å². The molecule has 0 aliphatic heterocycles. The number of pyridine rings is 1. The van der Waals surface area contributed by atoms with E-state index in [-0.39, 0.29) is 0 Å². The Morgan fingerprint density at radius 1 is 0.903 bits per heavy atom. The Bertz CT molecular complexity index is 1140. The second-order valence-corrected chi connectivity index (χ2v) is 8.19. The van der Waals surface area contributed by atoms with Crippen molar-refractivity contribution < 1.29 is 9.47 Å². The molecular weight excluding hydrogens is 503 g/mol.